The lowest BCUT2D eigenvalue weighted by molar-refractivity contribution is -0.142. The first-order chi connectivity index (χ1) is 12.4. The summed E-state index contributed by atoms with van der Waals surface area (Å²) in [6, 6.07) is 14.9. The van der Waals surface area contributed by atoms with Gasteiger partial charge in [-0.05, 0) is 38.0 Å². The second-order valence-electron chi connectivity index (χ2n) is 6.35. The molecule has 0 aliphatic rings. The maximum atomic E-state index is 12.8. The Kier molecular flexibility index (Phi) is 6.78. The quantitative estimate of drug-likeness (QED) is 0.832. The molecule has 0 saturated heterocycles. The molecule has 0 fully saturated rings. The molecule has 0 aliphatic heterocycles. The van der Waals surface area contributed by atoms with Gasteiger partial charge in [-0.15, -0.1) is 0 Å². The van der Waals surface area contributed by atoms with E-state index in [1.165, 1.54) is 0 Å². The number of carbonyl (C=O) groups is 2. The maximum Gasteiger partial charge on any atom is 0.261 e. The molecule has 1 atom stereocenters. The Hall–Kier alpha value is -2.82. The van der Waals surface area contributed by atoms with Crippen molar-refractivity contribution in [2.24, 2.45) is 0 Å². The van der Waals surface area contributed by atoms with E-state index in [0.29, 0.717) is 12.3 Å². The molecule has 1 unspecified atom stereocenters. The molecule has 2 amide bonds. The van der Waals surface area contributed by atoms with E-state index in [9.17, 15) is 9.59 Å². The van der Waals surface area contributed by atoms with Crippen molar-refractivity contribution in [1.82, 2.24) is 10.2 Å². The molecule has 138 valence electrons. The summed E-state index contributed by atoms with van der Waals surface area (Å²) in [4.78, 5) is 26.4. The number of nitrogens with zero attached hydrogens (tertiary/aromatic N) is 1. The minimum absolute atomic E-state index is 0.113. The fourth-order valence-electron chi connectivity index (χ4n) is 2.62. The topological polar surface area (TPSA) is 58.6 Å². The molecular weight excluding hydrogens is 328 g/mol. The number of aryl methyl sites for hydroxylation is 2. The van der Waals surface area contributed by atoms with Gasteiger partial charge in [0, 0.05) is 13.6 Å². The molecule has 5 heteroatoms. The number of benzene rings is 2. The molecule has 1 N–H and O–H groups in total. The third-order valence-electron chi connectivity index (χ3n) is 4.33. The Balaban J connectivity index is 2.13. The standard InChI is InChI=1S/C21H26N2O3/c1-15-9-11-18(12-10-15)13-23(17(3)21(25)22-4)20(24)14-26-19-8-6-5-7-16(19)2/h5-12,17H,13-14H2,1-4H3,(H,22,25). The van der Waals surface area contributed by atoms with Crippen molar-refractivity contribution in [3.63, 3.8) is 0 Å². The van der Waals surface area contributed by atoms with E-state index >= 15 is 0 Å². The van der Waals surface area contributed by atoms with Crippen LogP contribution in [-0.2, 0) is 16.1 Å². The van der Waals surface area contributed by atoms with Crippen LogP contribution >= 0.6 is 0 Å². The minimum Gasteiger partial charge on any atom is -0.484 e. The van der Waals surface area contributed by atoms with E-state index in [2.05, 4.69) is 5.32 Å². The molecule has 2 rings (SSSR count). The number of amides is 2. The van der Waals surface area contributed by atoms with Gasteiger partial charge in [0.05, 0.1) is 0 Å². The van der Waals surface area contributed by atoms with Crippen LogP contribution < -0.4 is 10.1 Å². The fraction of sp³-hybridized carbons (Fsp3) is 0.333. The highest BCUT2D eigenvalue weighted by atomic mass is 16.5. The van der Waals surface area contributed by atoms with Gasteiger partial charge in [0.2, 0.25) is 5.91 Å². The van der Waals surface area contributed by atoms with Crippen molar-refractivity contribution in [3.8, 4) is 5.75 Å². The van der Waals surface area contributed by atoms with Crippen molar-refractivity contribution in [1.29, 1.82) is 0 Å². The van der Waals surface area contributed by atoms with Crippen LogP contribution in [0.25, 0.3) is 0 Å². The summed E-state index contributed by atoms with van der Waals surface area (Å²) in [5, 5.41) is 2.60. The van der Waals surface area contributed by atoms with Gasteiger partial charge < -0.3 is 15.0 Å². The van der Waals surface area contributed by atoms with Gasteiger partial charge >= 0.3 is 0 Å². The van der Waals surface area contributed by atoms with Crippen molar-refractivity contribution in [3.05, 3.63) is 65.2 Å². The zero-order valence-corrected chi connectivity index (χ0v) is 15.8. The predicted octanol–water partition coefficient (Wildman–Crippen LogP) is 2.85. The average Bonchev–Trinajstić information content (AvgIpc) is 2.65. The smallest absolute Gasteiger partial charge is 0.261 e. The Labute approximate surface area is 155 Å². The van der Waals surface area contributed by atoms with Gasteiger partial charge in [-0.1, -0.05) is 48.0 Å². The largest absolute Gasteiger partial charge is 0.484 e. The molecule has 0 heterocycles. The Bertz CT molecular complexity index is 756. The number of hydrogen-bond donors (Lipinski definition) is 1. The number of carbonyl (C=O) groups excluding carboxylic acids is 2. The number of nitrogens with one attached hydrogen (secondary N) is 1. The van der Waals surface area contributed by atoms with E-state index < -0.39 is 6.04 Å². The van der Waals surface area contributed by atoms with E-state index in [4.69, 9.17) is 4.74 Å². The zero-order valence-electron chi connectivity index (χ0n) is 15.8. The van der Waals surface area contributed by atoms with Crippen LogP contribution in [0.3, 0.4) is 0 Å². The van der Waals surface area contributed by atoms with Gasteiger partial charge in [-0.2, -0.15) is 0 Å². The van der Waals surface area contributed by atoms with Crippen LogP contribution in [0.1, 0.15) is 23.6 Å². The summed E-state index contributed by atoms with van der Waals surface area (Å²) >= 11 is 0. The molecule has 2 aromatic rings. The van der Waals surface area contributed by atoms with Gasteiger partial charge in [0.1, 0.15) is 11.8 Å². The van der Waals surface area contributed by atoms with Gasteiger partial charge in [0.25, 0.3) is 5.91 Å². The number of ether oxygens (including phenoxy) is 1. The zero-order chi connectivity index (χ0) is 19.1. The molecule has 0 aliphatic carbocycles. The van der Waals surface area contributed by atoms with Crippen molar-refractivity contribution in [2.75, 3.05) is 13.7 Å². The van der Waals surface area contributed by atoms with E-state index in [-0.39, 0.29) is 18.4 Å². The second-order valence-corrected chi connectivity index (χ2v) is 6.35. The van der Waals surface area contributed by atoms with Gasteiger partial charge in [-0.3, -0.25) is 9.59 Å². The van der Waals surface area contributed by atoms with Gasteiger partial charge in [-0.25, -0.2) is 0 Å². The summed E-state index contributed by atoms with van der Waals surface area (Å²) in [5.74, 6) is 0.231. The van der Waals surface area contributed by atoms with Crippen LogP contribution in [-0.4, -0.2) is 36.4 Å². The normalized spacial score (nSPS) is 11.5. The monoisotopic (exact) mass is 354 g/mol. The fourth-order valence-corrected chi connectivity index (χ4v) is 2.62. The third kappa shape index (κ3) is 5.09. The highest BCUT2D eigenvalue weighted by Gasteiger charge is 2.25. The molecular formula is C21H26N2O3. The molecule has 0 saturated carbocycles. The highest BCUT2D eigenvalue weighted by Crippen LogP contribution is 2.17. The average molecular weight is 354 g/mol. The molecule has 0 radical (unpaired) electrons. The number of rotatable bonds is 7. The minimum atomic E-state index is -0.589. The molecule has 0 spiro atoms. The lowest BCUT2D eigenvalue weighted by Crippen LogP contribution is -2.48. The molecule has 26 heavy (non-hydrogen) atoms. The van der Waals surface area contributed by atoms with E-state index in [0.717, 1.165) is 16.7 Å². The van der Waals surface area contributed by atoms with Crippen LogP contribution in [0.2, 0.25) is 0 Å². The maximum absolute atomic E-state index is 12.8. The number of likely N-dealkylation sites (N-methyl/N-ethyl adjacent to an activating group) is 1. The van der Waals surface area contributed by atoms with Crippen LogP contribution in [0.5, 0.6) is 5.75 Å². The highest BCUT2D eigenvalue weighted by molar-refractivity contribution is 5.87. The van der Waals surface area contributed by atoms with Crippen LogP contribution in [0.4, 0.5) is 0 Å². The second kappa shape index (κ2) is 9.04. The Morgan fingerprint density at radius 2 is 1.73 bits per heavy atom. The molecule has 5 nitrogen and oxygen atoms in total. The molecule has 2 aromatic carbocycles. The predicted molar refractivity (Wildman–Crippen MR) is 102 cm³/mol. The van der Waals surface area contributed by atoms with Crippen LogP contribution in [0, 0.1) is 13.8 Å². The number of hydrogen-bond acceptors (Lipinski definition) is 3. The molecule has 0 aromatic heterocycles. The SMILES string of the molecule is CNC(=O)C(C)N(Cc1ccc(C)cc1)C(=O)COc1ccccc1C. The summed E-state index contributed by atoms with van der Waals surface area (Å²) < 4.78 is 5.68. The molecule has 0 bridgehead atoms. The van der Waals surface area contributed by atoms with Gasteiger partial charge in [0.15, 0.2) is 6.61 Å². The van der Waals surface area contributed by atoms with Crippen molar-refractivity contribution >= 4 is 11.8 Å². The van der Waals surface area contributed by atoms with Crippen molar-refractivity contribution < 1.29 is 14.3 Å². The van der Waals surface area contributed by atoms with Crippen LogP contribution in [0.15, 0.2) is 48.5 Å². The van der Waals surface area contributed by atoms with Crippen molar-refractivity contribution in [2.45, 2.75) is 33.4 Å². The lowest BCUT2D eigenvalue weighted by Gasteiger charge is -2.28. The first-order valence-electron chi connectivity index (χ1n) is 8.67. The van der Waals surface area contributed by atoms with E-state index in [1.54, 1.807) is 18.9 Å². The third-order valence-corrected chi connectivity index (χ3v) is 4.33. The van der Waals surface area contributed by atoms with E-state index in [1.807, 2.05) is 62.4 Å². The Morgan fingerprint density at radius 1 is 1.08 bits per heavy atom. The summed E-state index contributed by atoms with van der Waals surface area (Å²) in [6.07, 6.45) is 0. The Morgan fingerprint density at radius 3 is 2.35 bits per heavy atom. The number of para-hydroxylation sites is 1. The summed E-state index contributed by atoms with van der Waals surface area (Å²) in [5.41, 5.74) is 3.08. The summed E-state index contributed by atoms with van der Waals surface area (Å²) in [7, 11) is 1.57. The first-order valence-corrected chi connectivity index (χ1v) is 8.67. The first kappa shape index (κ1) is 19.5. The lowest BCUT2D eigenvalue weighted by atomic mass is 10.1. The summed E-state index contributed by atoms with van der Waals surface area (Å²) in [6.45, 7) is 5.90.